The third-order valence-electron chi connectivity index (χ3n) is 4.21. The van der Waals surface area contributed by atoms with Crippen LogP contribution in [0.3, 0.4) is 0 Å². The number of para-hydroxylation sites is 1. The lowest BCUT2D eigenvalue weighted by atomic mass is 9.94. The highest BCUT2D eigenvalue weighted by molar-refractivity contribution is 6.37. The molecule has 27 heavy (non-hydrogen) atoms. The average molecular weight is 407 g/mol. The Kier molecular flexibility index (Phi) is 5.73. The van der Waals surface area contributed by atoms with Crippen LogP contribution in [-0.4, -0.2) is 30.6 Å². The van der Waals surface area contributed by atoms with Crippen molar-refractivity contribution < 1.29 is 24.2 Å². The molecule has 0 aliphatic carbocycles. The minimum absolute atomic E-state index is 0.00834. The van der Waals surface area contributed by atoms with Crippen LogP contribution >= 0.6 is 23.2 Å². The van der Waals surface area contributed by atoms with E-state index in [4.69, 9.17) is 32.7 Å². The van der Waals surface area contributed by atoms with Crippen molar-refractivity contribution in [3.05, 3.63) is 68.7 Å². The Morgan fingerprint density at radius 1 is 1.19 bits per heavy atom. The van der Waals surface area contributed by atoms with Crippen molar-refractivity contribution in [1.29, 1.82) is 0 Å². The van der Waals surface area contributed by atoms with Crippen LogP contribution in [0.25, 0.3) is 0 Å². The van der Waals surface area contributed by atoms with E-state index in [1.165, 1.54) is 19.2 Å². The molecule has 0 atom stereocenters. The SMILES string of the molecule is COC(=O)c1cccc2c1OCC/C=C(\C(=O)c1cc(Cl)c(O)c(Cl)c1)C2. The number of phenolic OH excluding ortho intramolecular Hbond substituents is 1. The molecule has 1 aliphatic heterocycles. The van der Waals surface area contributed by atoms with Crippen LogP contribution in [0.1, 0.15) is 32.7 Å². The minimum Gasteiger partial charge on any atom is -0.505 e. The fourth-order valence-electron chi connectivity index (χ4n) is 2.89. The zero-order valence-electron chi connectivity index (χ0n) is 14.4. The van der Waals surface area contributed by atoms with Gasteiger partial charge in [-0.2, -0.15) is 0 Å². The number of hydrogen-bond acceptors (Lipinski definition) is 5. The standard InChI is InChI=1S/C20H16Cl2O5/c1-26-20(25)14-6-2-4-12-8-11(5-3-7-27-19(12)14)17(23)13-9-15(21)18(24)16(22)10-13/h2,4-6,9-10,24H,3,7-8H2,1H3/b11-5-. The Bertz CT molecular complexity index is 926. The van der Waals surface area contributed by atoms with E-state index in [2.05, 4.69) is 0 Å². The van der Waals surface area contributed by atoms with Crippen molar-refractivity contribution in [3.63, 3.8) is 0 Å². The lowest BCUT2D eigenvalue weighted by molar-refractivity contribution is 0.0595. The molecule has 0 amide bonds. The molecule has 0 aromatic heterocycles. The molecule has 0 saturated heterocycles. The number of fused-ring (bicyclic) bond motifs is 1. The summed E-state index contributed by atoms with van der Waals surface area (Å²) in [6, 6.07) is 7.90. The molecule has 0 saturated carbocycles. The molecule has 7 heteroatoms. The normalized spacial score (nSPS) is 15.4. The summed E-state index contributed by atoms with van der Waals surface area (Å²) in [4.78, 5) is 25.0. The van der Waals surface area contributed by atoms with Crippen LogP contribution in [0.4, 0.5) is 0 Å². The lowest BCUT2D eigenvalue weighted by Gasteiger charge is -2.18. The van der Waals surface area contributed by atoms with Gasteiger partial charge in [0.15, 0.2) is 11.5 Å². The molecule has 2 aromatic carbocycles. The lowest BCUT2D eigenvalue weighted by Crippen LogP contribution is -2.14. The molecular formula is C20H16Cl2O5. The minimum atomic E-state index is -0.499. The van der Waals surface area contributed by atoms with E-state index in [0.717, 1.165) is 0 Å². The van der Waals surface area contributed by atoms with Gasteiger partial charge in [-0.15, -0.1) is 0 Å². The van der Waals surface area contributed by atoms with Gasteiger partial charge in [0.25, 0.3) is 0 Å². The van der Waals surface area contributed by atoms with Crippen molar-refractivity contribution in [2.24, 2.45) is 0 Å². The summed E-state index contributed by atoms with van der Waals surface area (Å²) in [6.45, 7) is 0.314. The van der Waals surface area contributed by atoms with Gasteiger partial charge in [0, 0.05) is 24.0 Å². The number of rotatable bonds is 3. The maximum absolute atomic E-state index is 13.0. The molecule has 140 valence electrons. The maximum Gasteiger partial charge on any atom is 0.341 e. The van der Waals surface area contributed by atoms with Crippen LogP contribution in [-0.2, 0) is 11.2 Å². The van der Waals surface area contributed by atoms with Gasteiger partial charge in [0.1, 0.15) is 11.3 Å². The van der Waals surface area contributed by atoms with Crippen molar-refractivity contribution in [2.45, 2.75) is 12.8 Å². The molecule has 0 unspecified atom stereocenters. The largest absolute Gasteiger partial charge is 0.505 e. The van der Waals surface area contributed by atoms with Crippen molar-refractivity contribution in [3.8, 4) is 11.5 Å². The van der Waals surface area contributed by atoms with Crippen LogP contribution < -0.4 is 4.74 Å². The molecule has 1 aliphatic rings. The predicted octanol–water partition coefficient (Wildman–Crippen LogP) is 4.62. The highest BCUT2D eigenvalue weighted by Crippen LogP contribution is 2.35. The number of Topliss-reactive ketones (excluding diaryl/α,β-unsaturated/α-hetero) is 1. The summed E-state index contributed by atoms with van der Waals surface area (Å²) in [5, 5.41) is 9.71. The van der Waals surface area contributed by atoms with Crippen LogP contribution in [0.5, 0.6) is 11.5 Å². The Morgan fingerprint density at radius 3 is 2.56 bits per heavy atom. The van der Waals surface area contributed by atoms with Gasteiger partial charge in [-0.1, -0.05) is 41.4 Å². The van der Waals surface area contributed by atoms with Gasteiger partial charge in [-0.05, 0) is 23.8 Å². The van der Waals surface area contributed by atoms with Crippen LogP contribution in [0.2, 0.25) is 10.0 Å². The van der Waals surface area contributed by atoms with Gasteiger partial charge in [0.05, 0.1) is 23.8 Å². The molecule has 0 fully saturated rings. The number of carbonyl (C=O) groups excluding carboxylic acids is 2. The Labute approximate surface area is 166 Å². The number of allylic oxidation sites excluding steroid dienone is 1. The van der Waals surface area contributed by atoms with E-state index < -0.39 is 5.97 Å². The number of carbonyl (C=O) groups is 2. The number of aromatic hydroxyl groups is 1. The number of ketones is 1. The summed E-state index contributed by atoms with van der Waals surface area (Å²) >= 11 is 11.9. The van der Waals surface area contributed by atoms with E-state index >= 15 is 0 Å². The number of ether oxygens (including phenoxy) is 2. The molecular weight excluding hydrogens is 391 g/mol. The summed E-state index contributed by atoms with van der Waals surface area (Å²) in [7, 11) is 1.30. The van der Waals surface area contributed by atoms with E-state index in [1.807, 2.05) is 0 Å². The van der Waals surface area contributed by atoms with Crippen LogP contribution in [0, 0.1) is 0 Å². The van der Waals surface area contributed by atoms with Gasteiger partial charge in [-0.25, -0.2) is 4.79 Å². The van der Waals surface area contributed by atoms with Crippen molar-refractivity contribution in [1.82, 2.24) is 0 Å². The molecule has 0 bridgehead atoms. The Morgan fingerprint density at radius 2 is 1.89 bits per heavy atom. The van der Waals surface area contributed by atoms with Gasteiger partial charge >= 0.3 is 5.97 Å². The van der Waals surface area contributed by atoms with E-state index in [-0.39, 0.29) is 33.6 Å². The third-order valence-corrected chi connectivity index (χ3v) is 4.78. The molecule has 1 heterocycles. The zero-order chi connectivity index (χ0) is 19.6. The summed E-state index contributed by atoms with van der Waals surface area (Å²) in [5.74, 6) is -0.594. The number of phenols is 1. The molecule has 0 spiro atoms. The van der Waals surface area contributed by atoms with E-state index in [9.17, 15) is 14.7 Å². The molecule has 5 nitrogen and oxygen atoms in total. The topological polar surface area (TPSA) is 72.8 Å². The molecule has 2 aromatic rings. The van der Waals surface area contributed by atoms with Gasteiger partial charge in [-0.3, -0.25) is 4.79 Å². The van der Waals surface area contributed by atoms with E-state index in [1.54, 1.807) is 24.3 Å². The van der Waals surface area contributed by atoms with Gasteiger partial charge in [0.2, 0.25) is 0 Å². The first kappa shape index (κ1) is 19.3. The van der Waals surface area contributed by atoms with Gasteiger partial charge < -0.3 is 14.6 Å². The van der Waals surface area contributed by atoms with E-state index in [0.29, 0.717) is 35.5 Å². The second kappa shape index (κ2) is 8.03. The highest BCUT2D eigenvalue weighted by atomic mass is 35.5. The first-order chi connectivity index (χ1) is 12.9. The fraction of sp³-hybridized carbons (Fsp3) is 0.200. The molecule has 3 rings (SSSR count). The first-order valence-electron chi connectivity index (χ1n) is 8.17. The molecule has 1 N–H and O–H groups in total. The maximum atomic E-state index is 13.0. The van der Waals surface area contributed by atoms with Crippen LogP contribution in [0.15, 0.2) is 42.0 Å². The number of halogens is 2. The average Bonchev–Trinajstić information content (AvgIpc) is 2.64. The Balaban J connectivity index is 1.98. The number of esters is 1. The first-order valence-corrected chi connectivity index (χ1v) is 8.92. The second-order valence-corrected chi connectivity index (χ2v) is 6.76. The zero-order valence-corrected chi connectivity index (χ0v) is 15.9. The Hall–Kier alpha value is -2.50. The number of benzene rings is 2. The quantitative estimate of drug-likeness (QED) is 0.594. The van der Waals surface area contributed by atoms with Crippen molar-refractivity contribution >= 4 is 35.0 Å². The smallest absolute Gasteiger partial charge is 0.341 e. The summed E-state index contributed by atoms with van der Waals surface area (Å²) < 4.78 is 10.5. The highest BCUT2D eigenvalue weighted by Gasteiger charge is 2.22. The summed E-state index contributed by atoms with van der Waals surface area (Å²) in [5.41, 5.74) is 1.83. The molecule has 0 radical (unpaired) electrons. The monoisotopic (exact) mass is 406 g/mol. The fourth-order valence-corrected chi connectivity index (χ4v) is 3.38. The number of hydrogen-bond donors (Lipinski definition) is 1. The van der Waals surface area contributed by atoms with Crippen molar-refractivity contribution in [2.75, 3.05) is 13.7 Å². The number of methoxy groups -OCH3 is 1. The summed E-state index contributed by atoms with van der Waals surface area (Å²) in [6.07, 6.45) is 2.56. The second-order valence-electron chi connectivity index (χ2n) is 5.95. The third kappa shape index (κ3) is 3.94. The predicted molar refractivity (Wildman–Crippen MR) is 102 cm³/mol.